The number of primary amides is 1. The van der Waals surface area contributed by atoms with Crippen molar-refractivity contribution in [2.75, 3.05) is 13.2 Å². The molecule has 0 spiro atoms. The Hall–Kier alpha value is -2.04. The molecule has 2 rings (SSSR count). The van der Waals surface area contributed by atoms with Crippen molar-refractivity contribution in [1.82, 2.24) is 5.32 Å². The van der Waals surface area contributed by atoms with Crippen molar-refractivity contribution < 1.29 is 14.3 Å². The molecule has 1 aromatic carbocycles. The first-order valence-electron chi connectivity index (χ1n) is 7.45. The molecule has 1 saturated carbocycles. The maximum absolute atomic E-state index is 12.2. The number of carbonyl (C=O) groups is 2. The van der Waals surface area contributed by atoms with E-state index in [1.54, 1.807) is 24.3 Å². The van der Waals surface area contributed by atoms with E-state index in [0.717, 1.165) is 12.3 Å². The molecule has 21 heavy (non-hydrogen) atoms. The quantitative estimate of drug-likeness (QED) is 0.804. The molecule has 0 saturated heterocycles. The van der Waals surface area contributed by atoms with E-state index >= 15 is 0 Å². The molecule has 0 unspecified atom stereocenters. The number of nitrogens with two attached hydrogens (primary N) is 1. The predicted molar refractivity (Wildman–Crippen MR) is 80.0 cm³/mol. The number of carbonyl (C=O) groups excluding carboxylic acids is 2. The van der Waals surface area contributed by atoms with Gasteiger partial charge in [0, 0.05) is 6.54 Å². The Morgan fingerprint density at radius 3 is 2.67 bits per heavy atom. The third-order valence-electron chi connectivity index (χ3n) is 3.81. The number of ether oxygens (including phenoxy) is 1. The van der Waals surface area contributed by atoms with Gasteiger partial charge in [0.25, 0.3) is 11.8 Å². The third kappa shape index (κ3) is 4.77. The van der Waals surface area contributed by atoms with Crippen LogP contribution in [-0.4, -0.2) is 25.0 Å². The minimum atomic E-state index is -0.563. The normalized spacial score (nSPS) is 14.9. The highest BCUT2D eigenvalue weighted by molar-refractivity contribution is 5.97. The maximum Gasteiger partial charge on any atom is 0.255 e. The zero-order valence-electron chi connectivity index (χ0n) is 12.1. The summed E-state index contributed by atoms with van der Waals surface area (Å²) in [4.78, 5) is 22.9. The minimum Gasteiger partial charge on any atom is -0.483 e. The molecular formula is C16H22N2O3. The standard InChI is InChI=1S/C16H22N2O3/c17-15(19)11-21-14-8-4-3-7-13(14)16(20)18-10-9-12-5-1-2-6-12/h3-4,7-8,12H,1-2,5-6,9-11H2,(H2,17,19)(H,18,20). The Kier molecular flexibility index (Phi) is 5.60. The average molecular weight is 290 g/mol. The second-order valence-corrected chi connectivity index (χ2v) is 5.45. The van der Waals surface area contributed by atoms with Crippen LogP contribution in [0.3, 0.4) is 0 Å². The molecule has 1 aliphatic carbocycles. The van der Waals surface area contributed by atoms with Crippen molar-refractivity contribution in [1.29, 1.82) is 0 Å². The van der Waals surface area contributed by atoms with Gasteiger partial charge < -0.3 is 15.8 Å². The fourth-order valence-electron chi connectivity index (χ4n) is 2.71. The number of benzene rings is 1. The fraction of sp³-hybridized carbons (Fsp3) is 0.500. The van der Waals surface area contributed by atoms with Gasteiger partial charge in [0.15, 0.2) is 6.61 Å². The number of rotatable bonds is 7. The van der Waals surface area contributed by atoms with Gasteiger partial charge in [-0.1, -0.05) is 37.8 Å². The summed E-state index contributed by atoms with van der Waals surface area (Å²) in [7, 11) is 0. The third-order valence-corrected chi connectivity index (χ3v) is 3.81. The molecule has 1 aromatic rings. The first-order chi connectivity index (χ1) is 10.2. The van der Waals surface area contributed by atoms with E-state index in [1.165, 1.54) is 25.7 Å². The van der Waals surface area contributed by atoms with E-state index in [9.17, 15) is 9.59 Å². The van der Waals surface area contributed by atoms with E-state index in [2.05, 4.69) is 5.32 Å². The van der Waals surface area contributed by atoms with E-state index in [0.29, 0.717) is 17.9 Å². The molecule has 114 valence electrons. The van der Waals surface area contributed by atoms with Gasteiger partial charge in [-0.2, -0.15) is 0 Å². The Balaban J connectivity index is 1.87. The van der Waals surface area contributed by atoms with Crippen LogP contribution in [0.4, 0.5) is 0 Å². The summed E-state index contributed by atoms with van der Waals surface area (Å²) in [5.74, 6) is 0.390. The summed E-state index contributed by atoms with van der Waals surface area (Å²) in [6.45, 7) is 0.444. The molecule has 0 bridgehead atoms. The van der Waals surface area contributed by atoms with Gasteiger partial charge in [-0.3, -0.25) is 9.59 Å². The van der Waals surface area contributed by atoms with Gasteiger partial charge in [0.05, 0.1) is 5.56 Å². The lowest BCUT2D eigenvalue weighted by molar-refractivity contribution is -0.119. The number of hydrogen-bond donors (Lipinski definition) is 2. The van der Waals surface area contributed by atoms with E-state index in [4.69, 9.17) is 10.5 Å². The van der Waals surface area contributed by atoms with Crippen LogP contribution in [0.5, 0.6) is 5.75 Å². The summed E-state index contributed by atoms with van der Waals surface area (Å²) in [6.07, 6.45) is 6.18. The molecule has 0 aromatic heterocycles. The van der Waals surface area contributed by atoms with Crippen molar-refractivity contribution in [3.63, 3.8) is 0 Å². The maximum atomic E-state index is 12.2. The second kappa shape index (κ2) is 7.67. The lowest BCUT2D eigenvalue weighted by Crippen LogP contribution is -2.27. The first-order valence-corrected chi connectivity index (χ1v) is 7.45. The van der Waals surface area contributed by atoms with Crippen LogP contribution >= 0.6 is 0 Å². The van der Waals surface area contributed by atoms with Gasteiger partial charge in [-0.25, -0.2) is 0 Å². The SMILES string of the molecule is NC(=O)COc1ccccc1C(=O)NCCC1CCCC1. The van der Waals surface area contributed by atoms with Crippen molar-refractivity contribution in [2.24, 2.45) is 11.7 Å². The van der Waals surface area contributed by atoms with Crippen LogP contribution in [0.2, 0.25) is 0 Å². The molecule has 3 N–H and O–H groups in total. The molecule has 0 atom stereocenters. The Morgan fingerprint density at radius 2 is 1.95 bits per heavy atom. The first kappa shape index (κ1) is 15.4. The highest BCUT2D eigenvalue weighted by atomic mass is 16.5. The van der Waals surface area contributed by atoms with Gasteiger partial charge in [-0.05, 0) is 24.5 Å². The van der Waals surface area contributed by atoms with Crippen LogP contribution in [0.25, 0.3) is 0 Å². The Bertz CT molecular complexity index is 496. The van der Waals surface area contributed by atoms with Crippen LogP contribution in [-0.2, 0) is 4.79 Å². The smallest absolute Gasteiger partial charge is 0.255 e. The van der Waals surface area contributed by atoms with Crippen molar-refractivity contribution in [3.8, 4) is 5.75 Å². The summed E-state index contributed by atoms with van der Waals surface area (Å²) in [6, 6.07) is 6.87. The molecule has 0 heterocycles. The van der Waals surface area contributed by atoms with Gasteiger partial charge in [0.2, 0.25) is 0 Å². The van der Waals surface area contributed by atoms with Crippen LogP contribution in [0, 0.1) is 5.92 Å². The monoisotopic (exact) mass is 290 g/mol. The topological polar surface area (TPSA) is 81.4 Å². The number of hydrogen-bond acceptors (Lipinski definition) is 3. The molecule has 5 nitrogen and oxygen atoms in total. The Morgan fingerprint density at radius 1 is 1.24 bits per heavy atom. The Labute approximate surface area is 124 Å². The van der Waals surface area contributed by atoms with Gasteiger partial charge in [0.1, 0.15) is 5.75 Å². The summed E-state index contributed by atoms with van der Waals surface area (Å²) in [5.41, 5.74) is 5.49. The number of amides is 2. The lowest BCUT2D eigenvalue weighted by atomic mass is 10.0. The van der Waals surface area contributed by atoms with Crippen molar-refractivity contribution in [2.45, 2.75) is 32.1 Å². The molecular weight excluding hydrogens is 268 g/mol. The van der Waals surface area contributed by atoms with Crippen LogP contribution in [0.1, 0.15) is 42.5 Å². The summed E-state index contributed by atoms with van der Waals surface area (Å²) in [5, 5.41) is 2.92. The fourth-order valence-corrected chi connectivity index (χ4v) is 2.71. The molecule has 0 aliphatic heterocycles. The van der Waals surface area contributed by atoms with Crippen LogP contribution < -0.4 is 15.8 Å². The van der Waals surface area contributed by atoms with E-state index in [1.807, 2.05) is 0 Å². The summed E-state index contributed by atoms with van der Waals surface area (Å²) < 4.78 is 5.26. The van der Waals surface area contributed by atoms with Crippen LogP contribution in [0.15, 0.2) is 24.3 Å². The number of para-hydroxylation sites is 1. The molecule has 2 amide bonds. The van der Waals surface area contributed by atoms with E-state index < -0.39 is 5.91 Å². The molecule has 1 fully saturated rings. The zero-order chi connectivity index (χ0) is 15.1. The minimum absolute atomic E-state index is 0.173. The predicted octanol–water partition coefficient (Wildman–Crippen LogP) is 1.86. The average Bonchev–Trinajstić information content (AvgIpc) is 2.98. The highest BCUT2D eigenvalue weighted by Gasteiger charge is 2.16. The van der Waals surface area contributed by atoms with Gasteiger partial charge >= 0.3 is 0 Å². The molecule has 5 heteroatoms. The second-order valence-electron chi connectivity index (χ2n) is 5.45. The van der Waals surface area contributed by atoms with Crippen molar-refractivity contribution in [3.05, 3.63) is 29.8 Å². The van der Waals surface area contributed by atoms with Crippen molar-refractivity contribution >= 4 is 11.8 Å². The number of nitrogens with one attached hydrogen (secondary N) is 1. The van der Waals surface area contributed by atoms with E-state index in [-0.39, 0.29) is 12.5 Å². The van der Waals surface area contributed by atoms with Gasteiger partial charge in [-0.15, -0.1) is 0 Å². The zero-order valence-corrected chi connectivity index (χ0v) is 12.1. The highest BCUT2D eigenvalue weighted by Crippen LogP contribution is 2.27. The molecule has 0 radical (unpaired) electrons. The largest absolute Gasteiger partial charge is 0.483 e. The molecule has 1 aliphatic rings. The lowest BCUT2D eigenvalue weighted by Gasteiger charge is -2.12. The summed E-state index contributed by atoms with van der Waals surface area (Å²) >= 11 is 0.